The normalized spacial score (nSPS) is 17.8. The highest BCUT2D eigenvalue weighted by Gasteiger charge is 2.36. The van der Waals surface area contributed by atoms with Crippen LogP contribution in [0.1, 0.15) is 5.56 Å². The molecule has 4 rings (SSSR count). The summed E-state index contributed by atoms with van der Waals surface area (Å²) in [6.07, 6.45) is 1.32. The first-order valence-electron chi connectivity index (χ1n) is 10.2. The number of anilines is 1. The molecule has 33 heavy (non-hydrogen) atoms. The zero-order chi connectivity index (χ0) is 23.4. The lowest BCUT2D eigenvalue weighted by atomic mass is 10.1. The van der Waals surface area contributed by atoms with Gasteiger partial charge in [0.1, 0.15) is 17.1 Å². The fourth-order valence-electron chi connectivity index (χ4n) is 3.38. The number of hydrogen-bond acceptors (Lipinski definition) is 6. The van der Waals surface area contributed by atoms with Crippen molar-refractivity contribution in [1.82, 2.24) is 10.2 Å². The van der Waals surface area contributed by atoms with Crippen molar-refractivity contribution < 1.29 is 33.0 Å². The van der Waals surface area contributed by atoms with Gasteiger partial charge in [-0.15, -0.1) is 0 Å². The van der Waals surface area contributed by atoms with E-state index in [-0.39, 0.29) is 23.8 Å². The molecule has 2 aromatic rings. The first kappa shape index (κ1) is 22.2. The highest BCUT2D eigenvalue weighted by molar-refractivity contribution is 6.39. The third-order valence-corrected chi connectivity index (χ3v) is 5.09. The SMILES string of the molecule is O=C1NC(=O)N(c2cccc(F)c2)C(=O)/C1=C/c1ccc(OCC(=O)N2CCOCC2)cc1. The first-order valence-corrected chi connectivity index (χ1v) is 10.2. The molecule has 2 aliphatic rings. The quantitative estimate of drug-likeness (QED) is 0.546. The number of carbonyl (C=O) groups excluding carboxylic acids is 4. The highest BCUT2D eigenvalue weighted by atomic mass is 19.1. The second-order valence-corrected chi connectivity index (χ2v) is 7.29. The minimum absolute atomic E-state index is 0.00424. The van der Waals surface area contributed by atoms with Gasteiger partial charge in [0.2, 0.25) is 0 Å². The second-order valence-electron chi connectivity index (χ2n) is 7.29. The van der Waals surface area contributed by atoms with Crippen LogP contribution in [0.3, 0.4) is 0 Å². The fourth-order valence-corrected chi connectivity index (χ4v) is 3.38. The molecule has 2 aromatic carbocycles. The van der Waals surface area contributed by atoms with Crippen molar-refractivity contribution in [2.24, 2.45) is 0 Å². The van der Waals surface area contributed by atoms with E-state index in [1.165, 1.54) is 24.3 Å². The number of nitrogens with one attached hydrogen (secondary N) is 1. The molecule has 2 aliphatic heterocycles. The Morgan fingerprint density at radius 3 is 2.52 bits per heavy atom. The largest absolute Gasteiger partial charge is 0.484 e. The van der Waals surface area contributed by atoms with Gasteiger partial charge in [-0.05, 0) is 42.0 Å². The number of imide groups is 2. The smallest absolute Gasteiger partial charge is 0.335 e. The maximum atomic E-state index is 13.6. The molecule has 2 fully saturated rings. The van der Waals surface area contributed by atoms with Crippen LogP contribution >= 0.6 is 0 Å². The summed E-state index contributed by atoms with van der Waals surface area (Å²) in [6, 6.07) is 10.4. The Morgan fingerprint density at radius 2 is 1.82 bits per heavy atom. The lowest BCUT2D eigenvalue weighted by Crippen LogP contribution is -2.54. The number of ether oxygens (including phenoxy) is 2. The highest BCUT2D eigenvalue weighted by Crippen LogP contribution is 2.23. The Kier molecular flexibility index (Phi) is 6.45. The third kappa shape index (κ3) is 5.07. The molecule has 0 atom stereocenters. The van der Waals surface area contributed by atoms with Crippen molar-refractivity contribution >= 4 is 35.5 Å². The van der Waals surface area contributed by atoms with Gasteiger partial charge in [-0.3, -0.25) is 19.7 Å². The summed E-state index contributed by atoms with van der Waals surface area (Å²) in [5.41, 5.74) is 0.216. The monoisotopic (exact) mass is 453 g/mol. The average molecular weight is 453 g/mol. The summed E-state index contributed by atoms with van der Waals surface area (Å²) in [4.78, 5) is 51.8. The molecule has 0 saturated carbocycles. The Balaban J connectivity index is 1.46. The van der Waals surface area contributed by atoms with Crippen LogP contribution in [0.2, 0.25) is 0 Å². The van der Waals surface area contributed by atoms with E-state index >= 15 is 0 Å². The predicted molar refractivity (Wildman–Crippen MR) is 115 cm³/mol. The molecular formula is C23H20FN3O6. The summed E-state index contributed by atoms with van der Waals surface area (Å²) in [6.45, 7) is 1.94. The van der Waals surface area contributed by atoms with Gasteiger partial charge in [-0.1, -0.05) is 18.2 Å². The van der Waals surface area contributed by atoms with Crippen molar-refractivity contribution in [1.29, 1.82) is 0 Å². The van der Waals surface area contributed by atoms with Gasteiger partial charge < -0.3 is 14.4 Å². The van der Waals surface area contributed by atoms with Crippen LogP contribution in [0.25, 0.3) is 6.08 Å². The lowest BCUT2D eigenvalue weighted by molar-refractivity contribution is -0.137. The number of hydrogen-bond donors (Lipinski definition) is 1. The van der Waals surface area contributed by atoms with Gasteiger partial charge in [-0.2, -0.15) is 0 Å². The first-order chi connectivity index (χ1) is 15.9. The van der Waals surface area contributed by atoms with Crippen LogP contribution in [0.5, 0.6) is 5.75 Å². The molecule has 0 spiro atoms. The van der Waals surface area contributed by atoms with Crippen LogP contribution < -0.4 is 15.0 Å². The van der Waals surface area contributed by atoms with Gasteiger partial charge in [0.05, 0.1) is 18.9 Å². The van der Waals surface area contributed by atoms with Crippen LogP contribution in [0, 0.1) is 5.82 Å². The van der Waals surface area contributed by atoms with Gasteiger partial charge in [0.25, 0.3) is 17.7 Å². The van der Waals surface area contributed by atoms with Crippen molar-refractivity contribution in [3.63, 3.8) is 0 Å². The fraction of sp³-hybridized carbons (Fsp3) is 0.217. The maximum Gasteiger partial charge on any atom is 0.335 e. The number of benzene rings is 2. The van der Waals surface area contributed by atoms with Crippen molar-refractivity contribution in [2.45, 2.75) is 0 Å². The second kappa shape index (κ2) is 9.61. The van der Waals surface area contributed by atoms with E-state index in [1.54, 1.807) is 29.2 Å². The molecule has 170 valence electrons. The van der Waals surface area contributed by atoms with E-state index in [1.807, 2.05) is 0 Å². The predicted octanol–water partition coefficient (Wildman–Crippen LogP) is 1.73. The van der Waals surface area contributed by atoms with Gasteiger partial charge >= 0.3 is 6.03 Å². The van der Waals surface area contributed by atoms with Crippen LogP contribution in [0.15, 0.2) is 54.1 Å². The Hall–Kier alpha value is -4.05. The number of halogens is 1. The summed E-state index contributed by atoms with van der Waals surface area (Å²) in [5.74, 6) is -2.05. The van der Waals surface area contributed by atoms with Crippen LogP contribution in [0.4, 0.5) is 14.9 Å². The minimum Gasteiger partial charge on any atom is -0.484 e. The molecule has 0 aromatic heterocycles. The lowest BCUT2D eigenvalue weighted by Gasteiger charge is -2.26. The number of barbiturate groups is 1. The van der Waals surface area contributed by atoms with E-state index in [9.17, 15) is 23.6 Å². The van der Waals surface area contributed by atoms with Crippen LogP contribution in [-0.2, 0) is 19.1 Å². The number of amides is 5. The molecule has 9 nitrogen and oxygen atoms in total. The molecule has 1 N–H and O–H groups in total. The minimum atomic E-state index is -0.957. The number of nitrogens with zero attached hydrogens (tertiary/aromatic N) is 2. The zero-order valence-electron chi connectivity index (χ0n) is 17.5. The van der Waals surface area contributed by atoms with E-state index in [2.05, 4.69) is 5.32 Å². The van der Waals surface area contributed by atoms with Gasteiger partial charge in [-0.25, -0.2) is 14.1 Å². The van der Waals surface area contributed by atoms with E-state index in [0.717, 1.165) is 6.07 Å². The molecular weight excluding hydrogens is 433 g/mol. The molecule has 0 bridgehead atoms. The number of urea groups is 1. The third-order valence-electron chi connectivity index (χ3n) is 5.09. The van der Waals surface area contributed by atoms with Crippen LogP contribution in [-0.4, -0.2) is 61.6 Å². The molecule has 10 heteroatoms. The Morgan fingerprint density at radius 1 is 1.09 bits per heavy atom. The standard InChI is InChI=1S/C23H20FN3O6/c24-16-2-1-3-17(13-16)27-22(30)19(21(29)25-23(27)31)12-15-4-6-18(7-5-15)33-14-20(28)26-8-10-32-11-9-26/h1-7,12-13H,8-11,14H2,(H,25,29,31)/b19-12+. The summed E-state index contributed by atoms with van der Waals surface area (Å²) < 4.78 is 24.3. The van der Waals surface area contributed by atoms with Crippen molar-refractivity contribution in [2.75, 3.05) is 37.8 Å². The zero-order valence-corrected chi connectivity index (χ0v) is 17.5. The van der Waals surface area contributed by atoms with E-state index < -0.39 is 23.7 Å². The number of carbonyl (C=O) groups is 4. The molecule has 0 aliphatic carbocycles. The number of rotatable bonds is 5. The Bertz CT molecular complexity index is 1130. The van der Waals surface area contributed by atoms with Crippen molar-refractivity contribution in [3.05, 3.63) is 65.5 Å². The van der Waals surface area contributed by atoms with Gasteiger partial charge in [0, 0.05) is 13.1 Å². The summed E-state index contributed by atoms with van der Waals surface area (Å²) >= 11 is 0. The van der Waals surface area contributed by atoms with Crippen molar-refractivity contribution in [3.8, 4) is 5.75 Å². The summed E-state index contributed by atoms with van der Waals surface area (Å²) in [7, 11) is 0. The average Bonchev–Trinajstić information content (AvgIpc) is 2.81. The Labute approximate surface area is 188 Å². The number of morpholine rings is 1. The summed E-state index contributed by atoms with van der Waals surface area (Å²) in [5, 5.41) is 2.08. The molecule has 5 amide bonds. The van der Waals surface area contributed by atoms with E-state index in [4.69, 9.17) is 9.47 Å². The van der Waals surface area contributed by atoms with Gasteiger partial charge in [0.15, 0.2) is 6.61 Å². The van der Waals surface area contributed by atoms with E-state index in [0.29, 0.717) is 42.5 Å². The molecule has 0 radical (unpaired) electrons. The topological polar surface area (TPSA) is 105 Å². The molecule has 0 unspecified atom stereocenters. The molecule has 2 saturated heterocycles. The molecule has 2 heterocycles. The maximum absolute atomic E-state index is 13.6.